The van der Waals surface area contributed by atoms with Crippen LogP contribution < -0.4 is 10.7 Å². The van der Waals surface area contributed by atoms with E-state index in [1.54, 1.807) is 0 Å². The summed E-state index contributed by atoms with van der Waals surface area (Å²) in [6, 6.07) is 4.86. The number of imide groups is 1. The fraction of sp³-hybridized carbons (Fsp3) is 0. The molecule has 0 radical (unpaired) electrons. The molecule has 0 saturated heterocycles. The van der Waals surface area contributed by atoms with Gasteiger partial charge in [0.25, 0.3) is 11.8 Å². The van der Waals surface area contributed by atoms with Crippen LogP contribution in [0.15, 0.2) is 34.3 Å². The first-order chi connectivity index (χ1) is 8.93. The third kappa shape index (κ3) is 3.25. The van der Waals surface area contributed by atoms with Gasteiger partial charge in [-0.05, 0) is 24.3 Å². The predicted molar refractivity (Wildman–Crippen MR) is 63.0 cm³/mol. The molecule has 19 heavy (non-hydrogen) atoms. The van der Waals surface area contributed by atoms with Crippen LogP contribution in [0.2, 0.25) is 0 Å². The Kier molecular flexibility index (Phi) is 5.34. The fourth-order valence-electron chi connectivity index (χ4n) is 1.30. The first kappa shape index (κ1) is 15.5. The number of carbonyl (C=O) groups excluding carboxylic acids is 2. The molecule has 9 heteroatoms. The second-order valence-corrected chi connectivity index (χ2v) is 3.88. The first-order valence-corrected chi connectivity index (χ1v) is 5.35. The second kappa shape index (κ2) is 6.55. The van der Waals surface area contributed by atoms with Gasteiger partial charge in [-0.1, -0.05) is 23.2 Å². The third-order valence-electron chi connectivity index (χ3n) is 2.06. The molecule has 0 aromatic heterocycles. The summed E-state index contributed by atoms with van der Waals surface area (Å²) in [5.74, 6) is -2.13. The summed E-state index contributed by atoms with van der Waals surface area (Å²) in [7, 11) is 0. The number of rotatable bonds is 1. The minimum absolute atomic E-state index is 0.227. The molecule has 1 aliphatic heterocycles. The van der Waals surface area contributed by atoms with Crippen LogP contribution in [0.3, 0.4) is 0 Å². The molecule has 1 aromatic rings. The summed E-state index contributed by atoms with van der Waals surface area (Å²) in [6.07, 6.45) is 0. The number of amides is 2. The molecule has 2 amide bonds. The number of anilines is 1. The molecule has 0 aliphatic carbocycles. The molecule has 1 aromatic carbocycles. The van der Waals surface area contributed by atoms with Gasteiger partial charge in [-0.2, -0.15) is 0 Å². The van der Waals surface area contributed by atoms with E-state index in [9.17, 15) is 22.9 Å². The van der Waals surface area contributed by atoms with Gasteiger partial charge in [-0.3, -0.25) is 9.59 Å². The highest BCUT2D eigenvalue weighted by molar-refractivity contribution is 6.62. The molecule has 1 aliphatic rings. The second-order valence-electron chi connectivity index (χ2n) is 3.12. The molecule has 0 fully saturated rings. The minimum Gasteiger partial charge on any atom is -0.267 e. The Morgan fingerprint density at radius 3 is 1.68 bits per heavy atom. The summed E-state index contributed by atoms with van der Waals surface area (Å²) in [6.45, 7) is 0. The van der Waals surface area contributed by atoms with E-state index < -0.39 is 17.6 Å². The van der Waals surface area contributed by atoms with Gasteiger partial charge in [0.2, 0.25) is 0 Å². The molecule has 1 N–H and O–H groups in total. The van der Waals surface area contributed by atoms with E-state index in [-0.39, 0.29) is 21.5 Å². The fourth-order valence-corrected chi connectivity index (χ4v) is 1.63. The number of nitrogens with zero attached hydrogens (tertiary/aromatic N) is 1. The predicted octanol–water partition coefficient (Wildman–Crippen LogP) is 2.73. The molecule has 0 saturated carbocycles. The largest absolute Gasteiger partial charge is 0.278 e. The van der Waals surface area contributed by atoms with Gasteiger partial charge in [-0.25, -0.2) is 9.29 Å². The van der Waals surface area contributed by atoms with Gasteiger partial charge < -0.3 is 0 Å². The monoisotopic (exact) mass is 312 g/mol. The van der Waals surface area contributed by atoms with Gasteiger partial charge in [-0.15, -0.1) is 8.96 Å². The van der Waals surface area contributed by atoms with E-state index in [1.807, 2.05) is 0 Å². The summed E-state index contributed by atoms with van der Waals surface area (Å²) < 4.78 is 31.4. The van der Waals surface area contributed by atoms with Crippen molar-refractivity contribution in [2.24, 2.45) is 0 Å². The molecule has 1 heterocycles. The van der Waals surface area contributed by atoms with Gasteiger partial charge in [0.1, 0.15) is 15.9 Å². The SMILES string of the molecule is FNF.O=C1C(Cl)=C(Cl)C(=O)N1c1ccc(F)cc1. The Morgan fingerprint density at radius 2 is 1.32 bits per heavy atom. The zero-order chi connectivity index (χ0) is 14.6. The Balaban J connectivity index is 0.000000550. The van der Waals surface area contributed by atoms with Crippen LogP contribution in [-0.4, -0.2) is 11.8 Å². The van der Waals surface area contributed by atoms with Crippen LogP contribution in [-0.2, 0) is 9.59 Å². The lowest BCUT2D eigenvalue weighted by molar-refractivity contribution is -0.120. The Bertz CT molecular complexity index is 510. The van der Waals surface area contributed by atoms with E-state index in [2.05, 4.69) is 0 Å². The van der Waals surface area contributed by atoms with E-state index in [1.165, 1.54) is 12.1 Å². The normalized spacial score (nSPS) is 14.7. The van der Waals surface area contributed by atoms with Gasteiger partial charge in [0.05, 0.1) is 5.69 Å². The maximum absolute atomic E-state index is 12.7. The number of hydrogen-bond acceptors (Lipinski definition) is 3. The van der Waals surface area contributed by atoms with Gasteiger partial charge in [0.15, 0.2) is 0 Å². The number of nitrogens with one attached hydrogen (secondary N) is 1. The van der Waals surface area contributed by atoms with Crippen molar-refractivity contribution in [1.29, 1.82) is 0 Å². The lowest BCUT2D eigenvalue weighted by Gasteiger charge is -2.13. The van der Waals surface area contributed by atoms with Crippen molar-refractivity contribution in [3.63, 3.8) is 0 Å². The smallest absolute Gasteiger partial charge is 0.267 e. The van der Waals surface area contributed by atoms with Crippen LogP contribution in [0.5, 0.6) is 0 Å². The Labute approximate surface area is 115 Å². The minimum atomic E-state index is -0.705. The molecule has 102 valence electrons. The zero-order valence-corrected chi connectivity index (χ0v) is 10.5. The van der Waals surface area contributed by atoms with E-state index in [0.29, 0.717) is 0 Å². The molecule has 0 spiro atoms. The highest BCUT2D eigenvalue weighted by Crippen LogP contribution is 2.30. The van der Waals surface area contributed by atoms with Crippen LogP contribution in [0.1, 0.15) is 0 Å². The third-order valence-corrected chi connectivity index (χ3v) is 2.86. The molecular formula is C10H5Cl2F3N2O2. The molecular weight excluding hydrogens is 308 g/mol. The first-order valence-electron chi connectivity index (χ1n) is 4.60. The molecule has 0 bridgehead atoms. The van der Waals surface area contributed by atoms with Crippen molar-refractivity contribution >= 4 is 40.7 Å². The molecule has 0 atom stereocenters. The van der Waals surface area contributed by atoms with Crippen molar-refractivity contribution in [1.82, 2.24) is 5.76 Å². The van der Waals surface area contributed by atoms with Gasteiger partial charge in [0, 0.05) is 5.76 Å². The van der Waals surface area contributed by atoms with Crippen molar-refractivity contribution < 1.29 is 22.9 Å². The number of carbonyl (C=O) groups is 2. The number of hydrogen-bond donors (Lipinski definition) is 1. The average molecular weight is 313 g/mol. The Morgan fingerprint density at radius 1 is 0.947 bits per heavy atom. The zero-order valence-electron chi connectivity index (χ0n) is 8.96. The number of halogens is 5. The topological polar surface area (TPSA) is 49.4 Å². The molecule has 2 rings (SSSR count). The van der Waals surface area contributed by atoms with Crippen molar-refractivity contribution in [3.8, 4) is 0 Å². The molecule has 0 unspecified atom stereocenters. The lowest BCUT2D eigenvalue weighted by atomic mass is 10.3. The Hall–Kier alpha value is -1.57. The summed E-state index contributed by atoms with van der Waals surface area (Å²) in [4.78, 5) is 23.9. The lowest BCUT2D eigenvalue weighted by Crippen LogP contribution is -2.30. The molecule has 4 nitrogen and oxygen atoms in total. The van der Waals surface area contributed by atoms with E-state index in [4.69, 9.17) is 23.2 Å². The summed E-state index contributed by atoms with van der Waals surface area (Å²) in [5, 5.41) is -0.646. The maximum atomic E-state index is 12.7. The summed E-state index contributed by atoms with van der Waals surface area (Å²) in [5.41, 5.74) is 0.227. The maximum Gasteiger partial charge on any atom is 0.278 e. The van der Waals surface area contributed by atoms with E-state index in [0.717, 1.165) is 17.0 Å². The van der Waals surface area contributed by atoms with Crippen LogP contribution in [0.25, 0.3) is 0 Å². The standard InChI is InChI=1S/C10H4Cl2FNO2.F2HN/c11-7-8(12)10(16)14(9(7)15)6-3-1-5(13)2-4-6;1-3-2/h1-4H;3H. The van der Waals surface area contributed by atoms with Gasteiger partial charge >= 0.3 is 0 Å². The summed E-state index contributed by atoms with van der Waals surface area (Å²) >= 11 is 11.1. The highest BCUT2D eigenvalue weighted by atomic mass is 35.5. The van der Waals surface area contributed by atoms with Crippen LogP contribution in [0, 0.1) is 5.82 Å². The average Bonchev–Trinajstić information content (AvgIpc) is 2.57. The van der Waals surface area contributed by atoms with Crippen LogP contribution >= 0.6 is 23.2 Å². The van der Waals surface area contributed by atoms with Crippen molar-refractivity contribution in [2.75, 3.05) is 4.90 Å². The number of benzene rings is 1. The van der Waals surface area contributed by atoms with Crippen molar-refractivity contribution in [2.45, 2.75) is 0 Å². The highest BCUT2D eigenvalue weighted by Gasteiger charge is 2.37. The van der Waals surface area contributed by atoms with Crippen molar-refractivity contribution in [3.05, 3.63) is 40.1 Å². The quantitative estimate of drug-likeness (QED) is 0.641. The van der Waals surface area contributed by atoms with E-state index >= 15 is 0 Å². The van der Waals surface area contributed by atoms with Crippen LogP contribution in [0.4, 0.5) is 19.0 Å².